The van der Waals surface area contributed by atoms with Crippen molar-refractivity contribution in [3.63, 3.8) is 0 Å². The van der Waals surface area contributed by atoms with E-state index in [4.69, 9.17) is 10.5 Å². The molecule has 0 aliphatic carbocycles. The number of ether oxygens (including phenoxy) is 1. The minimum absolute atomic E-state index is 0.0420. The molecule has 3 aliphatic heterocycles. The molecule has 3 aliphatic rings. The predicted octanol–water partition coefficient (Wildman–Crippen LogP) is 1.95. The molecular formula is C22H32N4O3. The van der Waals surface area contributed by atoms with Crippen molar-refractivity contribution < 1.29 is 14.3 Å². The van der Waals surface area contributed by atoms with Gasteiger partial charge in [-0.15, -0.1) is 0 Å². The lowest BCUT2D eigenvalue weighted by atomic mass is 9.81. The second kappa shape index (κ2) is 7.61. The van der Waals surface area contributed by atoms with Gasteiger partial charge in [-0.3, -0.25) is 14.6 Å². The number of carbonyl (C=O) groups excluding carboxylic acids is 2. The summed E-state index contributed by atoms with van der Waals surface area (Å²) in [5.74, 6) is -0.397. The molecule has 1 atom stereocenters. The van der Waals surface area contributed by atoms with Crippen LogP contribution in [0.1, 0.15) is 38.7 Å². The fraction of sp³-hybridized carbons (Fsp3) is 0.636. The molecule has 29 heavy (non-hydrogen) atoms. The molecule has 0 aromatic heterocycles. The average Bonchev–Trinajstić information content (AvgIpc) is 3.27. The molecule has 3 heterocycles. The Morgan fingerprint density at radius 3 is 2.48 bits per heavy atom. The van der Waals surface area contributed by atoms with Crippen LogP contribution >= 0.6 is 0 Å². The number of carbonyl (C=O) groups is 2. The SMILES string of the molecule is CC(C)(CCN1CCOCC1)c1ccc(N2C[C@@]3(C(N)=O)CCCN3C2=O)cc1. The fourth-order valence-corrected chi connectivity index (χ4v) is 4.83. The number of urea groups is 1. The van der Waals surface area contributed by atoms with Crippen LogP contribution in [-0.2, 0) is 14.9 Å². The number of anilines is 1. The van der Waals surface area contributed by atoms with Gasteiger partial charge in [0.05, 0.1) is 19.8 Å². The van der Waals surface area contributed by atoms with E-state index < -0.39 is 11.4 Å². The fourth-order valence-electron chi connectivity index (χ4n) is 4.83. The Morgan fingerprint density at radius 2 is 1.86 bits per heavy atom. The van der Waals surface area contributed by atoms with Crippen molar-refractivity contribution in [1.82, 2.24) is 9.80 Å². The summed E-state index contributed by atoms with van der Waals surface area (Å²) in [4.78, 5) is 30.8. The highest BCUT2D eigenvalue weighted by atomic mass is 16.5. The van der Waals surface area contributed by atoms with Crippen molar-refractivity contribution in [3.05, 3.63) is 29.8 Å². The highest BCUT2D eigenvalue weighted by Crippen LogP contribution is 2.39. The molecule has 7 nitrogen and oxygen atoms in total. The van der Waals surface area contributed by atoms with Gasteiger partial charge in [0, 0.05) is 25.3 Å². The van der Waals surface area contributed by atoms with E-state index in [1.165, 1.54) is 5.56 Å². The second-order valence-electron chi connectivity index (χ2n) is 9.15. The van der Waals surface area contributed by atoms with Crippen LogP contribution in [0, 0.1) is 0 Å². The van der Waals surface area contributed by atoms with Crippen molar-refractivity contribution in [2.24, 2.45) is 5.73 Å². The first-order valence-corrected chi connectivity index (χ1v) is 10.6. The summed E-state index contributed by atoms with van der Waals surface area (Å²) in [5.41, 5.74) is 6.97. The molecule has 0 spiro atoms. The first-order valence-electron chi connectivity index (χ1n) is 10.6. The van der Waals surface area contributed by atoms with Crippen molar-refractivity contribution in [2.75, 3.05) is 50.8 Å². The van der Waals surface area contributed by atoms with Crippen LogP contribution in [0.5, 0.6) is 0 Å². The van der Waals surface area contributed by atoms with Gasteiger partial charge < -0.3 is 15.4 Å². The average molecular weight is 401 g/mol. The van der Waals surface area contributed by atoms with E-state index in [0.29, 0.717) is 19.5 Å². The number of amides is 3. The Hall–Kier alpha value is -2.12. The Labute approximate surface area is 172 Å². The molecule has 0 bridgehead atoms. The molecule has 1 aromatic carbocycles. The second-order valence-corrected chi connectivity index (χ2v) is 9.15. The van der Waals surface area contributed by atoms with Crippen molar-refractivity contribution in [2.45, 2.75) is 44.1 Å². The van der Waals surface area contributed by atoms with E-state index in [2.05, 4.69) is 30.9 Å². The standard InChI is InChI=1S/C22H32N4O3/c1-21(2,9-11-24-12-14-29-15-13-24)17-4-6-18(7-5-17)25-16-22(19(23)27)8-3-10-26(22)20(25)28/h4-7H,3,8-16H2,1-2H3,(H2,23,27)/t22-/m1/s1. The van der Waals surface area contributed by atoms with E-state index in [0.717, 1.165) is 51.4 Å². The van der Waals surface area contributed by atoms with Crippen LogP contribution in [0.2, 0.25) is 0 Å². The largest absolute Gasteiger partial charge is 0.379 e. The smallest absolute Gasteiger partial charge is 0.325 e. The van der Waals surface area contributed by atoms with Crippen LogP contribution in [0.25, 0.3) is 0 Å². The maximum Gasteiger partial charge on any atom is 0.325 e. The highest BCUT2D eigenvalue weighted by molar-refractivity contribution is 6.02. The van der Waals surface area contributed by atoms with Crippen molar-refractivity contribution >= 4 is 17.6 Å². The lowest BCUT2D eigenvalue weighted by molar-refractivity contribution is -0.125. The third-order valence-electron chi connectivity index (χ3n) is 6.95. The predicted molar refractivity (Wildman–Crippen MR) is 112 cm³/mol. The van der Waals surface area contributed by atoms with Gasteiger partial charge in [0.25, 0.3) is 0 Å². The third kappa shape index (κ3) is 3.62. The molecule has 3 amide bonds. The molecule has 0 unspecified atom stereocenters. The molecule has 0 radical (unpaired) electrons. The molecule has 3 fully saturated rings. The van der Waals surface area contributed by atoms with Gasteiger partial charge >= 0.3 is 6.03 Å². The summed E-state index contributed by atoms with van der Waals surface area (Å²) in [7, 11) is 0. The first-order chi connectivity index (χ1) is 13.8. The van der Waals surface area contributed by atoms with Gasteiger partial charge in [-0.2, -0.15) is 0 Å². The summed E-state index contributed by atoms with van der Waals surface area (Å²) in [5, 5.41) is 0. The van der Waals surface area contributed by atoms with E-state index in [9.17, 15) is 9.59 Å². The van der Waals surface area contributed by atoms with Crippen LogP contribution in [0.15, 0.2) is 24.3 Å². The highest BCUT2D eigenvalue weighted by Gasteiger charge is 2.56. The van der Waals surface area contributed by atoms with Crippen LogP contribution in [0.4, 0.5) is 10.5 Å². The monoisotopic (exact) mass is 400 g/mol. The van der Waals surface area contributed by atoms with E-state index in [1.54, 1.807) is 9.80 Å². The molecule has 1 aromatic rings. The summed E-state index contributed by atoms with van der Waals surface area (Å²) in [6.07, 6.45) is 2.55. The van der Waals surface area contributed by atoms with Gasteiger partial charge in [0.1, 0.15) is 5.54 Å². The number of rotatable bonds is 6. The summed E-state index contributed by atoms with van der Waals surface area (Å²) in [6, 6.07) is 8.12. The Bertz CT molecular complexity index is 773. The minimum Gasteiger partial charge on any atom is -0.379 e. The Morgan fingerprint density at radius 1 is 1.17 bits per heavy atom. The van der Waals surface area contributed by atoms with E-state index >= 15 is 0 Å². The van der Waals surface area contributed by atoms with Crippen LogP contribution in [-0.4, -0.2) is 73.2 Å². The van der Waals surface area contributed by atoms with Gasteiger partial charge in [0.2, 0.25) is 5.91 Å². The number of nitrogens with two attached hydrogens (primary N) is 1. The van der Waals surface area contributed by atoms with Crippen LogP contribution < -0.4 is 10.6 Å². The summed E-state index contributed by atoms with van der Waals surface area (Å²) in [6.45, 7) is 10.2. The number of hydrogen-bond acceptors (Lipinski definition) is 4. The number of nitrogens with zero attached hydrogens (tertiary/aromatic N) is 3. The summed E-state index contributed by atoms with van der Waals surface area (Å²) >= 11 is 0. The maximum absolute atomic E-state index is 12.9. The topological polar surface area (TPSA) is 79.1 Å². The number of benzene rings is 1. The summed E-state index contributed by atoms with van der Waals surface area (Å²) < 4.78 is 5.43. The number of morpholine rings is 1. The number of fused-ring (bicyclic) bond motifs is 1. The first kappa shape index (κ1) is 20.2. The van der Waals surface area contributed by atoms with Gasteiger partial charge in [-0.1, -0.05) is 26.0 Å². The Kier molecular flexibility index (Phi) is 5.29. The zero-order valence-electron chi connectivity index (χ0n) is 17.5. The molecule has 4 rings (SSSR count). The molecular weight excluding hydrogens is 368 g/mol. The third-order valence-corrected chi connectivity index (χ3v) is 6.95. The van der Waals surface area contributed by atoms with Gasteiger partial charge in [-0.05, 0) is 48.9 Å². The quantitative estimate of drug-likeness (QED) is 0.792. The van der Waals surface area contributed by atoms with Crippen molar-refractivity contribution in [3.8, 4) is 0 Å². The minimum atomic E-state index is -0.840. The molecule has 7 heteroatoms. The normalized spacial score (nSPS) is 25.5. The van der Waals surface area contributed by atoms with E-state index in [-0.39, 0.29) is 11.4 Å². The van der Waals surface area contributed by atoms with Crippen LogP contribution in [0.3, 0.4) is 0 Å². The maximum atomic E-state index is 12.9. The molecule has 0 saturated carbocycles. The lowest BCUT2D eigenvalue weighted by Gasteiger charge is -2.32. The lowest BCUT2D eigenvalue weighted by Crippen LogP contribution is -2.52. The Balaban J connectivity index is 1.45. The number of primary amides is 1. The molecule has 3 saturated heterocycles. The van der Waals surface area contributed by atoms with Gasteiger partial charge in [0.15, 0.2) is 0 Å². The zero-order chi connectivity index (χ0) is 20.6. The number of hydrogen-bond donors (Lipinski definition) is 1. The van der Waals surface area contributed by atoms with E-state index in [1.807, 2.05) is 12.1 Å². The molecule has 158 valence electrons. The van der Waals surface area contributed by atoms with Gasteiger partial charge in [-0.25, -0.2) is 4.79 Å². The zero-order valence-corrected chi connectivity index (χ0v) is 17.5. The molecule has 2 N–H and O–H groups in total. The van der Waals surface area contributed by atoms with Crippen molar-refractivity contribution in [1.29, 1.82) is 0 Å².